The molecule has 8 nitrogen and oxygen atoms in total. The minimum atomic E-state index is -0.431. The van der Waals surface area contributed by atoms with E-state index in [0.717, 1.165) is 0 Å². The maximum Gasteiger partial charge on any atom is 0.324 e. The highest BCUT2D eigenvalue weighted by Gasteiger charge is 2.08. The Morgan fingerprint density at radius 2 is 2.04 bits per heavy atom. The molecule has 0 spiro atoms. The van der Waals surface area contributed by atoms with Gasteiger partial charge in [0.25, 0.3) is 0 Å². The van der Waals surface area contributed by atoms with E-state index in [0.29, 0.717) is 23.1 Å². The van der Waals surface area contributed by atoms with Crippen molar-refractivity contribution in [3.8, 4) is 11.6 Å². The Bertz CT molecular complexity index is 803. The van der Waals surface area contributed by atoms with Crippen LogP contribution >= 0.6 is 0 Å². The number of nitrogens with one attached hydrogen (secondary N) is 2. The molecule has 116 valence electrons. The van der Waals surface area contributed by atoms with Crippen LogP contribution in [-0.2, 0) is 0 Å². The molecule has 0 aliphatic carbocycles. The standard InChI is InChI=1S/C15H14N6O2/c1-23-12-6-3-2-5-11(12)19-15(22)20-13-9-14(17-10-16-13)21-8-4-7-18-21/h2-10H,1H3,(H2,16,17,19,20,22). The van der Waals surface area contributed by atoms with Gasteiger partial charge < -0.3 is 10.1 Å². The van der Waals surface area contributed by atoms with Gasteiger partial charge in [0.2, 0.25) is 0 Å². The van der Waals surface area contributed by atoms with E-state index < -0.39 is 6.03 Å². The number of aromatic nitrogens is 4. The zero-order valence-corrected chi connectivity index (χ0v) is 12.3. The summed E-state index contributed by atoms with van der Waals surface area (Å²) >= 11 is 0. The quantitative estimate of drug-likeness (QED) is 0.771. The Labute approximate surface area is 132 Å². The molecular weight excluding hydrogens is 296 g/mol. The van der Waals surface area contributed by atoms with Crippen molar-refractivity contribution in [3.63, 3.8) is 0 Å². The van der Waals surface area contributed by atoms with E-state index in [-0.39, 0.29) is 0 Å². The lowest BCUT2D eigenvalue weighted by atomic mass is 10.3. The van der Waals surface area contributed by atoms with Gasteiger partial charge in [0, 0.05) is 18.5 Å². The lowest BCUT2D eigenvalue weighted by Gasteiger charge is -2.10. The monoisotopic (exact) mass is 310 g/mol. The number of hydrogen-bond donors (Lipinski definition) is 2. The van der Waals surface area contributed by atoms with Crippen molar-refractivity contribution < 1.29 is 9.53 Å². The third kappa shape index (κ3) is 3.43. The van der Waals surface area contributed by atoms with Crippen LogP contribution in [0.4, 0.5) is 16.3 Å². The number of methoxy groups -OCH3 is 1. The Hall–Kier alpha value is -3.42. The second-order valence-electron chi connectivity index (χ2n) is 4.49. The van der Waals surface area contributed by atoms with Gasteiger partial charge in [0.1, 0.15) is 17.9 Å². The van der Waals surface area contributed by atoms with Gasteiger partial charge in [0.05, 0.1) is 12.8 Å². The van der Waals surface area contributed by atoms with Crippen molar-refractivity contribution in [1.29, 1.82) is 0 Å². The zero-order chi connectivity index (χ0) is 16.1. The summed E-state index contributed by atoms with van der Waals surface area (Å²) in [6.07, 6.45) is 4.75. The Kier molecular flexibility index (Phi) is 4.14. The summed E-state index contributed by atoms with van der Waals surface area (Å²) in [6.45, 7) is 0. The van der Waals surface area contributed by atoms with Gasteiger partial charge in [0.15, 0.2) is 5.82 Å². The fourth-order valence-corrected chi connectivity index (χ4v) is 1.96. The molecule has 0 aliphatic rings. The predicted molar refractivity (Wildman–Crippen MR) is 84.8 cm³/mol. The van der Waals surface area contributed by atoms with E-state index in [1.54, 1.807) is 54.5 Å². The van der Waals surface area contributed by atoms with Crippen LogP contribution in [0.5, 0.6) is 5.75 Å². The number of hydrogen-bond acceptors (Lipinski definition) is 5. The van der Waals surface area contributed by atoms with Crippen LogP contribution in [0, 0.1) is 0 Å². The normalized spacial score (nSPS) is 10.1. The molecule has 1 aromatic carbocycles. The largest absolute Gasteiger partial charge is 0.495 e. The van der Waals surface area contributed by atoms with Crippen LogP contribution in [0.2, 0.25) is 0 Å². The third-order valence-corrected chi connectivity index (χ3v) is 2.99. The van der Waals surface area contributed by atoms with Crippen LogP contribution in [-0.4, -0.2) is 32.9 Å². The number of anilines is 2. The Morgan fingerprint density at radius 3 is 2.83 bits per heavy atom. The molecule has 2 heterocycles. The first-order chi connectivity index (χ1) is 11.3. The first-order valence-corrected chi connectivity index (χ1v) is 6.79. The van der Waals surface area contributed by atoms with Crippen LogP contribution in [0.15, 0.2) is 55.1 Å². The van der Waals surface area contributed by atoms with Crippen LogP contribution in [0.1, 0.15) is 0 Å². The molecule has 0 unspecified atom stereocenters. The van der Waals surface area contributed by atoms with Crippen molar-refractivity contribution in [3.05, 3.63) is 55.1 Å². The minimum Gasteiger partial charge on any atom is -0.495 e. The molecule has 2 N–H and O–H groups in total. The first kappa shape index (κ1) is 14.5. The number of ether oxygens (including phenoxy) is 1. The maximum absolute atomic E-state index is 12.1. The highest BCUT2D eigenvalue weighted by Crippen LogP contribution is 2.23. The molecular formula is C15H14N6O2. The highest BCUT2D eigenvalue weighted by atomic mass is 16.5. The third-order valence-electron chi connectivity index (χ3n) is 2.99. The van der Waals surface area contributed by atoms with Gasteiger partial charge in [-0.25, -0.2) is 19.4 Å². The Morgan fingerprint density at radius 1 is 1.17 bits per heavy atom. The smallest absolute Gasteiger partial charge is 0.324 e. The fourth-order valence-electron chi connectivity index (χ4n) is 1.96. The lowest BCUT2D eigenvalue weighted by molar-refractivity contribution is 0.262. The summed E-state index contributed by atoms with van der Waals surface area (Å²) in [4.78, 5) is 20.2. The predicted octanol–water partition coefficient (Wildman–Crippen LogP) is 2.31. The minimum absolute atomic E-state index is 0.359. The molecule has 0 fully saturated rings. The molecule has 3 aromatic rings. The van der Waals surface area contributed by atoms with E-state index in [1.807, 2.05) is 6.07 Å². The van der Waals surface area contributed by atoms with Gasteiger partial charge in [-0.3, -0.25) is 5.32 Å². The Balaban J connectivity index is 1.72. The van der Waals surface area contributed by atoms with Gasteiger partial charge in [-0.15, -0.1) is 0 Å². The van der Waals surface area contributed by atoms with E-state index in [4.69, 9.17) is 4.74 Å². The molecule has 0 atom stereocenters. The summed E-state index contributed by atoms with van der Waals surface area (Å²) in [5, 5.41) is 9.43. The maximum atomic E-state index is 12.1. The first-order valence-electron chi connectivity index (χ1n) is 6.79. The summed E-state index contributed by atoms with van der Waals surface area (Å²) in [7, 11) is 1.54. The molecule has 0 saturated carbocycles. The summed E-state index contributed by atoms with van der Waals surface area (Å²) in [6, 6.07) is 10.1. The topological polar surface area (TPSA) is 94.0 Å². The second-order valence-corrected chi connectivity index (χ2v) is 4.49. The summed E-state index contributed by atoms with van der Waals surface area (Å²) in [5.74, 6) is 1.48. The van der Waals surface area contributed by atoms with Gasteiger partial charge >= 0.3 is 6.03 Å². The number of benzene rings is 1. The van der Waals surface area contributed by atoms with Crippen molar-refractivity contribution >= 4 is 17.5 Å². The molecule has 23 heavy (non-hydrogen) atoms. The van der Waals surface area contributed by atoms with Gasteiger partial charge in [-0.05, 0) is 18.2 Å². The van der Waals surface area contributed by atoms with E-state index >= 15 is 0 Å². The molecule has 0 bridgehead atoms. The number of carbonyl (C=O) groups excluding carboxylic acids is 1. The summed E-state index contributed by atoms with van der Waals surface area (Å²) < 4.78 is 6.76. The number of carbonyl (C=O) groups is 1. The van der Waals surface area contributed by atoms with Gasteiger partial charge in [-0.2, -0.15) is 5.10 Å². The number of nitrogens with zero attached hydrogens (tertiary/aromatic N) is 4. The summed E-state index contributed by atoms with van der Waals surface area (Å²) in [5.41, 5.74) is 0.564. The molecule has 0 aliphatic heterocycles. The average Bonchev–Trinajstić information content (AvgIpc) is 3.10. The van der Waals surface area contributed by atoms with Crippen molar-refractivity contribution in [2.45, 2.75) is 0 Å². The van der Waals surface area contributed by atoms with Crippen molar-refractivity contribution in [1.82, 2.24) is 19.7 Å². The number of urea groups is 1. The molecule has 3 rings (SSSR count). The van der Waals surface area contributed by atoms with Crippen LogP contribution in [0.25, 0.3) is 5.82 Å². The molecule has 0 radical (unpaired) electrons. The van der Waals surface area contributed by atoms with E-state index in [2.05, 4.69) is 25.7 Å². The SMILES string of the molecule is COc1ccccc1NC(=O)Nc1cc(-n2cccn2)ncn1. The van der Waals surface area contributed by atoms with E-state index in [9.17, 15) is 4.79 Å². The number of para-hydroxylation sites is 2. The molecule has 0 saturated heterocycles. The van der Waals surface area contributed by atoms with Crippen molar-refractivity contribution in [2.75, 3.05) is 17.7 Å². The lowest BCUT2D eigenvalue weighted by Crippen LogP contribution is -2.20. The van der Waals surface area contributed by atoms with Gasteiger partial charge in [-0.1, -0.05) is 12.1 Å². The average molecular weight is 310 g/mol. The highest BCUT2D eigenvalue weighted by molar-refractivity contribution is 6.00. The van der Waals surface area contributed by atoms with Crippen LogP contribution < -0.4 is 15.4 Å². The van der Waals surface area contributed by atoms with Crippen LogP contribution in [0.3, 0.4) is 0 Å². The van der Waals surface area contributed by atoms with E-state index in [1.165, 1.54) is 6.33 Å². The number of rotatable bonds is 4. The number of amides is 2. The molecule has 2 amide bonds. The fraction of sp³-hybridized carbons (Fsp3) is 0.0667. The molecule has 8 heteroatoms. The van der Waals surface area contributed by atoms with Crippen molar-refractivity contribution in [2.24, 2.45) is 0 Å². The second kappa shape index (κ2) is 6.56. The molecule has 2 aromatic heterocycles. The zero-order valence-electron chi connectivity index (χ0n) is 12.3.